The van der Waals surface area contributed by atoms with Crippen molar-refractivity contribution in [1.29, 1.82) is 0 Å². The summed E-state index contributed by atoms with van der Waals surface area (Å²) in [7, 11) is 0. The van der Waals surface area contributed by atoms with Crippen molar-refractivity contribution in [2.75, 3.05) is 26.2 Å². The fraction of sp³-hybridized carbons (Fsp3) is 0.333. The van der Waals surface area contributed by atoms with Crippen molar-refractivity contribution in [2.45, 2.75) is 18.8 Å². The van der Waals surface area contributed by atoms with Crippen LogP contribution in [0.1, 0.15) is 24.5 Å². The van der Waals surface area contributed by atoms with Gasteiger partial charge in [0, 0.05) is 37.1 Å². The maximum Gasteiger partial charge on any atom is 0.138 e. The summed E-state index contributed by atoms with van der Waals surface area (Å²) in [5.41, 5.74) is 1.13. The van der Waals surface area contributed by atoms with Crippen molar-refractivity contribution < 1.29 is 9.13 Å². The van der Waals surface area contributed by atoms with E-state index in [1.54, 1.807) is 24.7 Å². The summed E-state index contributed by atoms with van der Waals surface area (Å²) in [4.78, 5) is 11.4. The van der Waals surface area contributed by atoms with Gasteiger partial charge in [0.2, 0.25) is 0 Å². The first-order valence-electron chi connectivity index (χ1n) is 9.34. The quantitative estimate of drug-likeness (QED) is 0.668. The van der Waals surface area contributed by atoms with Gasteiger partial charge in [-0.05, 0) is 55.8 Å². The zero-order chi connectivity index (χ0) is 18.5. The molecule has 0 amide bonds. The van der Waals surface area contributed by atoms with E-state index < -0.39 is 0 Å². The monoisotopic (exact) mass is 366 g/mol. The topological polar surface area (TPSA) is 43.2 Å². The van der Waals surface area contributed by atoms with Crippen LogP contribution in [0.4, 0.5) is 4.39 Å². The van der Waals surface area contributed by atoms with Crippen molar-refractivity contribution in [1.82, 2.24) is 19.4 Å². The lowest BCUT2D eigenvalue weighted by atomic mass is 9.94. The number of aromatic nitrogens is 3. The molecular weight excluding hydrogens is 343 g/mol. The normalized spacial score (nSPS) is 17.7. The predicted molar refractivity (Wildman–Crippen MR) is 102 cm³/mol. The lowest BCUT2D eigenvalue weighted by Gasteiger charge is -2.32. The van der Waals surface area contributed by atoms with Gasteiger partial charge >= 0.3 is 0 Å². The minimum Gasteiger partial charge on any atom is -0.492 e. The van der Waals surface area contributed by atoms with Gasteiger partial charge in [0.1, 0.15) is 30.3 Å². The molecular formula is C21H23FN4O. The molecule has 0 aliphatic carbocycles. The third-order valence-corrected chi connectivity index (χ3v) is 4.94. The molecule has 1 aliphatic heterocycles. The van der Waals surface area contributed by atoms with Gasteiger partial charge in [-0.15, -0.1) is 0 Å². The van der Waals surface area contributed by atoms with Gasteiger partial charge < -0.3 is 4.74 Å². The van der Waals surface area contributed by atoms with Gasteiger partial charge in [-0.25, -0.2) is 14.4 Å². The number of likely N-dealkylation sites (tertiary alicyclic amines) is 1. The van der Waals surface area contributed by atoms with Gasteiger partial charge in [-0.1, -0.05) is 6.07 Å². The van der Waals surface area contributed by atoms with Crippen molar-refractivity contribution in [3.8, 4) is 11.6 Å². The summed E-state index contributed by atoms with van der Waals surface area (Å²) in [6.07, 6.45) is 7.74. The van der Waals surface area contributed by atoms with Gasteiger partial charge in [-0.2, -0.15) is 0 Å². The Morgan fingerprint density at radius 3 is 2.85 bits per heavy atom. The van der Waals surface area contributed by atoms with Gasteiger partial charge in [0.15, 0.2) is 0 Å². The summed E-state index contributed by atoms with van der Waals surface area (Å²) < 4.78 is 20.6. The molecule has 0 radical (unpaired) electrons. The molecule has 2 aromatic heterocycles. The number of hydrogen-bond donors (Lipinski definition) is 0. The zero-order valence-electron chi connectivity index (χ0n) is 15.2. The first kappa shape index (κ1) is 17.7. The summed E-state index contributed by atoms with van der Waals surface area (Å²) in [6, 6.07) is 12.4. The van der Waals surface area contributed by atoms with Gasteiger partial charge in [0.05, 0.1) is 0 Å². The Hall–Kier alpha value is -2.73. The van der Waals surface area contributed by atoms with Crippen LogP contribution in [0.15, 0.2) is 61.2 Å². The van der Waals surface area contributed by atoms with Gasteiger partial charge in [0.25, 0.3) is 0 Å². The SMILES string of the molecule is Fc1ccc(OCCN2CCC[C@H](c3cccc(-n4ccnc4)n3)C2)cc1. The lowest BCUT2D eigenvalue weighted by Crippen LogP contribution is -2.37. The van der Waals surface area contributed by atoms with Crippen LogP contribution in [0.2, 0.25) is 0 Å². The Kier molecular flexibility index (Phi) is 5.44. The standard InChI is InChI=1S/C21H23FN4O/c22-18-6-8-19(9-7-18)27-14-13-25-11-2-3-17(15-25)20-4-1-5-21(24-20)26-12-10-23-16-26/h1,4-10,12,16-17H,2-3,11,13-15H2/t17-/m0/s1. The molecule has 5 nitrogen and oxygen atoms in total. The van der Waals surface area contributed by atoms with Crippen molar-refractivity contribution in [3.05, 3.63) is 72.7 Å². The number of ether oxygens (including phenoxy) is 1. The molecule has 1 atom stereocenters. The molecule has 0 saturated carbocycles. The molecule has 0 unspecified atom stereocenters. The number of nitrogens with zero attached hydrogens (tertiary/aromatic N) is 4. The second-order valence-corrected chi connectivity index (χ2v) is 6.83. The van der Waals surface area contributed by atoms with Crippen LogP contribution in [0.25, 0.3) is 5.82 Å². The Morgan fingerprint density at radius 2 is 2.04 bits per heavy atom. The van der Waals surface area contributed by atoms with E-state index in [4.69, 9.17) is 9.72 Å². The van der Waals surface area contributed by atoms with Crippen LogP contribution in [0, 0.1) is 5.82 Å². The highest BCUT2D eigenvalue weighted by Crippen LogP contribution is 2.26. The van der Waals surface area contributed by atoms with E-state index in [-0.39, 0.29) is 5.82 Å². The van der Waals surface area contributed by atoms with Crippen molar-refractivity contribution in [2.24, 2.45) is 0 Å². The van der Waals surface area contributed by atoms with E-state index in [0.29, 0.717) is 18.3 Å². The summed E-state index contributed by atoms with van der Waals surface area (Å²) in [5, 5.41) is 0. The van der Waals surface area contributed by atoms with E-state index in [2.05, 4.69) is 22.0 Å². The van der Waals surface area contributed by atoms with E-state index in [1.807, 2.05) is 16.8 Å². The third-order valence-electron chi connectivity index (χ3n) is 4.94. The molecule has 0 N–H and O–H groups in total. The molecule has 0 spiro atoms. The number of piperidine rings is 1. The highest BCUT2D eigenvalue weighted by atomic mass is 19.1. The molecule has 6 heteroatoms. The predicted octanol–water partition coefficient (Wildman–Crippen LogP) is 3.66. The maximum atomic E-state index is 12.9. The average Bonchev–Trinajstić information content (AvgIpc) is 3.25. The molecule has 3 aromatic rings. The minimum atomic E-state index is -0.244. The molecule has 3 heterocycles. The zero-order valence-corrected chi connectivity index (χ0v) is 15.2. The summed E-state index contributed by atoms with van der Waals surface area (Å²) in [5.74, 6) is 1.79. The first-order chi connectivity index (χ1) is 13.3. The van der Waals surface area contributed by atoms with Crippen LogP contribution in [-0.4, -0.2) is 45.7 Å². The van der Waals surface area contributed by atoms with Crippen LogP contribution in [0.5, 0.6) is 5.75 Å². The first-order valence-corrected chi connectivity index (χ1v) is 9.34. The molecule has 0 bridgehead atoms. The van der Waals surface area contributed by atoms with Crippen LogP contribution >= 0.6 is 0 Å². The van der Waals surface area contributed by atoms with Crippen LogP contribution < -0.4 is 4.74 Å². The number of pyridine rings is 1. The molecule has 140 valence electrons. The number of benzene rings is 1. The second kappa shape index (κ2) is 8.31. The van der Waals surface area contributed by atoms with Gasteiger partial charge in [-0.3, -0.25) is 9.47 Å². The smallest absolute Gasteiger partial charge is 0.138 e. The second-order valence-electron chi connectivity index (χ2n) is 6.83. The lowest BCUT2D eigenvalue weighted by molar-refractivity contribution is 0.169. The Morgan fingerprint density at radius 1 is 1.15 bits per heavy atom. The number of rotatable bonds is 6. The Balaban J connectivity index is 1.34. The largest absolute Gasteiger partial charge is 0.492 e. The van der Waals surface area contributed by atoms with Crippen molar-refractivity contribution in [3.63, 3.8) is 0 Å². The van der Waals surface area contributed by atoms with Crippen LogP contribution in [-0.2, 0) is 0 Å². The summed E-state index contributed by atoms with van der Waals surface area (Å²) in [6.45, 7) is 3.51. The number of imidazole rings is 1. The Bertz CT molecular complexity index is 851. The highest BCUT2D eigenvalue weighted by molar-refractivity contribution is 5.26. The van der Waals surface area contributed by atoms with E-state index >= 15 is 0 Å². The molecule has 1 aliphatic rings. The van der Waals surface area contributed by atoms with E-state index in [1.165, 1.54) is 12.1 Å². The molecule has 27 heavy (non-hydrogen) atoms. The number of hydrogen-bond acceptors (Lipinski definition) is 4. The van der Waals surface area contributed by atoms with Crippen molar-refractivity contribution >= 4 is 0 Å². The third kappa shape index (κ3) is 4.52. The van der Waals surface area contributed by atoms with Crippen LogP contribution in [0.3, 0.4) is 0 Å². The fourth-order valence-electron chi connectivity index (χ4n) is 3.53. The number of halogens is 1. The molecule has 4 rings (SSSR count). The average molecular weight is 366 g/mol. The summed E-state index contributed by atoms with van der Waals surface area (Å²) >= 11 is 0. The highest BCUT2D eigenvalue weighted by Gasteiger charge is 2.22. The minimum absolute atomic E-state index is 0.244. The fourth-order valence-corrected chi connectivity index (χ4v) is 3.53. The molecule has 1 aromatic carbocycles. The maximum absolute atomic E-state index is 12.9. The Labute approximate surface area is 158 Å². The van der Waals surface area contributed by atoms with E-state index in [0.717, 1.165) is 44.0 Å². The molecule has 1 saturated heterocycles. The van der Waals surface area contributed by atoms with E-state index in [9.17, 15) is 4.39 Å². The molecule has 1 fully saturated rings.